The van der Waals surface area contributed by atoms with Crippen LogP contribution in [0.3, 0.4) is 0 Å². The van der Waals surface area contributed by atoms with Crippen LogP contribution in [0, 0.1) is 0 Å². The Morgan fingerprint density at radius 2 is 2.29 bits per heavy atom. The molecule has 0 saturated carbocycles. The first kappa shape index (κ1) is 10.4. The Hall–Kier alpha value is -1.81. The van der Waals surface area contributed by atoms with Crippen LogP contribution in [0.5, 0.6) is 0 Å². The molecule has 0 aliphatic heterocycles. The molecule has 1 N–H and O–H groups in total. The van der Waals surface area contributed by atoms with Crippen LogP contribution in [0.15, 0.2) is 46.5 Å². The fraction of sp³-hybridized carbons (Fsp3) is 0.154. The van der Waals surface area contributed by atoms with Crippen molar-refractivity contribution in [2.45, 2.75) is 13.0 Å². The van der Waals surface area contributed by atoms with Crippen molar-refractivity contribution in [1.82, 2.24) is 4.98 Å². The van der Waals surface area contributed by atoms with Crippen LogP contribution < -0.4 is 5.32 Å². The molecule has 3 aromatic rings. The average Bonchev–Trinajstić information content (AvgIpc) is 2.99. The molecule has 0 radical (unpaired) electrons. The van der Waals surface area contributed by atoms with Crippen LogP contribution >= 0.6 is 11.3 Å². The van der Waals surface area contributed by atoms with Gasteiger partial charge in [-0.2, -0.15) is 0 Å². The molecule has 3 rings (SSSR count). The maximum atomic E-state index is 5.37. The zero-order chi connectivity index (χ0) is 11.7. The predicted octanol–water partition coefficient (Wildman–Crippen LogP) is 4.06. The van der Waals surface area contributed by atoms with E-state index >= 15 is 0 Å². The van der Waals surface area contributed by atoms with Crippen LogP contribution in [-0.4, -0.2) is 4.98 Å². The van der Waals surface area contributed by atoms with Crippen molar-refractivity contribution < 1.29 is 4.42 Å². The first-order valence-corrected chi connectivity index (χ1v) is 6.34. The number of hydrogen-bond donors (Lipinski definition) is 1. The Labute approximate surface area is 103 Å². The first-order chi connectivity index (χ1) is 8.33. The van der Waals surface area contributed by atoms with Crippen LogP contribution in [0.4, 0.5) is 5.69 Å². The van der Waals surface area contributed by atoms with E-state index in [-0.39, 0.29) is 6.04 Å². The normalized spacial score (nSPS) is 12.8. The number of thiazole rings is 1. The molecule has 4 heteroatoms. The van der Waals surface area contributed by atoms with Crippen LogP contribution in [-0.2, 0) is 0 Å². The summed E-state index contributed by atoms with van der Waals surface area (Å²) in [5.74, 6) is 0.939. The summed E-state index contributed by atoms with van der Waals surface area (Å²) in [6.07, 6.45) is 1.69. The highest BCUT2D eigenvalue weighted by atomic mass is 32.1. The number of nitrogens with zero attached hydrogens (tertiary/aromatic N) is 1. The third kappa shape index (κ3) is 2.03. The maximum Gasteiger partial charge on any atom is 0.125 e. The fourth-order valence-electron chi connectivity index (χ4n) is 1.80. The van der Waals surface area contributed by atoms with Gasteiger partial charge in [0.2, 0.25) is 0 Å². The van der Waals surface area contributed by atoms with Crippen LogP contribution in [0.1, 0.15) is 18.7 Å². The summed E-state index contributed by atoms with van der Waals surface area (Å²) >= 11 is 1.65. The molecular weight excluding hydrogens is 232 g/mol. The Kier molecular flexibility index (Phi) is 2.57. The predicted molar refractivity (Wildman–Crippen MR) is 70.4 cm³/mol. The zero-order valence-corrected chi connectivity index (χ0v) is 10.2. The van der Waals surface area contributed by atoms with E-state index in [9.17, 15) is 0 Å². The summed E-state index contributed by atoms with van der Waals surface area (Å²) in [5.41, 5.74) is 4.00. The summed E-state index contributed by atoms with van der Waals surface area (Å²) in [6.45, 7) is 2.08. The van der Waals surface area contributed by atoms with E-state index in [1.807, 2.05) is 29.8 Å². The Balaban J connectivity index is 1.84. The van der Waals surface area contributed by atoms with Crippen molar-refractivity contribution in [1.29, 1.82) is 0 Å². The largest absolute Gasteiger partial charge is 0.467 e. The van der Waals surface area contributed by atoms with Crippen LogP contribution in [0.25, 0.3) is 10.2 Å². The van der Waals surface area contributed by atoms with Crippen molar-refractivity contribution in [3.8, 4) is 0 Å². The molecule has 17 heavy (non-hydrogen) atoms. The van der Waals surface area contributed by atoms with Gasteiger partial charge in [0, 0.05) is 5.69 Å². The highest BCUT2D eigenvalue weighted by Gasteiger charge is 2.08. The minimum Gasteiger partial charge on any atom is -0.467 e. The molecule has 2 heterocycles. The average molecular weight is 244 g/mol. The topological polar surface area (TPSA) is 38.1 Å². The second kappa shape index (κ2) is 4.22. The molecule has 0 bridgehead atoms. The van der Waals surface area contributed by atoms with Gasteiger partial charge in [-0.1, -0.05) is 0 Å². The molecule has 0 fully saturated rings. The molecule has 1 atom stereocenters. The first-order valence-electron chi connectivity index (χ1n) is 5.46. The molecule has 0 spiro atoms. The second-order valence-corrected chi connectivity index (χ2v) is 4.80. The lowest BCUT2D eigenvalue weighted by molar-refractivity contribution is 0.490. The van der Waals surface area contributed by atoms with Gasteiger partial charge in [-0.25, -0.2) is 4.98 Å². The number of benzene rings is 1. The molecule has 0 amide bonds. The minimum atomic E-state index is 0.162. The summed E-state index contributed by atoms with van der Waals surface area (Å²) in [7, 11) is 0. The monoisotopic (exact) mass is 244 g/mol. The van der Waals surface area contributed by atoms with E-state index in [2.05, 4.69) is 23.3 Å². The van der Waals surface area contributed by atoms with Crippen molar-refractivity contribution in [2.75, 3.05) is 5.32 Å². The second-order valence-electron chi connectivity index (χ2n) is 3.92. The number of anilines is 1. The van der Waals surface area contributed by atoms with Gasteiger partial charge in [-0.05, 0) is 37.3 Å². The Morgan fingerprint density at radius 3 is 3.12 bits per heavy atom. The van der Waals surface area contributed by atoms with Gasteiger partial charge < -0.3 is 9.73 Å². The van der Waals surface area contributed by atoms with Crippen molar-refractivity contribution in [3.63, 3.8) is 0 Å². The zero-order valence-electron chi connectivity index (χ0n) is 9.38. The Morgan fingerprint density at radius 1 is 1.35 bits per heavy atom. The lowest BCUT2D eigenvalue weighted by atomic mass is 10.2. The highest BCUT2D eigenvalue weighted by Crippen LogP contribution is 2.25. The fourth-order valence-corrected chi connectivity index (χ4v) is 2.52. The summed E-state index contributed by atoms with van der Waals surface area (Å²) < 4.78 is 6.56. The van der Waals surface area contributed by atoms with Crippen molar-refractivity contribution >= 4 is 27.2 Å². The molecule has 1 aromatic carbocycles. The third-order valence-corrected chi connectivity index (χ3v) is 3.48. The summed E-state index contributed by atoms with van der Waals surface area (Å²) in [4.78, 5) is 4.26. The molecule has 1 unspecified atom stereocenters. The molecule has 0 saturated heterocycles. The van der Waals surface area contributed by atoms with Gasteiger partial charge in [0.15, 0.2) is 0 Å². The van der Waals surface area contributed by atoms with Gasteiger partial charge in [0.25, 0.3) is 0 Å². The molecule has 0 aliphatic rings. The molecule has 86 valence electrons. The maximum absolute atomic E-state index is 5.37. The number of nitrogens with one attached hydrogen (secondary N) is 1. The standard InChI is InChI=1S/C13H12N2OS/c1-9(12-3-2-6-16-12)15-10-4-5-11-13(7-10)17-8-14-11/h2-9,15H,1H3. The molecule has 3 nitrogen and oxygen atoms in total. The Bertz CT molecular complexity index is 615. The number of fused-ring (bicyclic) bond motifs is 1. The summed E-state index contributed by atoms with van der Waals surface area (Å²) in [5, 5.41) is 3.41. The van der Waals surface area contributed by atoms with E-state index in [1.54, 1.807) is 17.6 Å². The number of aromatic nitrogens is 1. The van der Waals surface area contributed by atoms with Gasteiger partial charge in [-0.15, -0.1) is 11.3 Å². The molecule has 0 aliphatic carbocycles. The lowest BCUT2D eigenvalue weighted by Crippen LogP contribution is -2.05. The highest BCUT2D eigenvalue weighted by molar-refractivity contribution is 7.16. The van der Waals surface area contributed by atoms with E-state index < -0.39 is 0 Å². The van der Waals surface area contributed by atoms with Crippen molar-refractivity contribution in [3.05, 3.63) is 47.9 Å². The number of hydrogen-bond acceptors (Lipinski definition) is 4. The molecule has 2 aromatic heterocycles. The number of rotatable bonds is 3. The van der Waals surface area contributed by atoms with Gasteiger partial charge >= 0.3 is 0 Å². The minimum absolute atomic E-state index is 0.162. The quantitative estimate of drug-likeness (QED) is 0.755. The lowest BCUT2D eigenvalue weighted by Gasteiger charge is -2.12. The van der Waals surface area contributed by atoms with Crippen LogP contribution in [0.2, 0.25) is 0 Å². The third-order valence-electron chi connectivity index (χ3n) is 2.68. The number of furan rings is 1. The van der Waals surface area contributed by atoms with Gasteiger partial charge in [0.1, 0.15) is 5.76 Å². The molecular formula is C13H12N2OS. The van der Waals surface area contributed by atoms with Crippen molar-refractivity contribution in [2.24, 2.45) is 0 Å². The SMILES string of the molecule is CC(Nc1ccc2ncsc2c1)c1ccco1. The van der Waals surface area contributed by atoms with E-state index in [0.717, 1.165) is 17.0 Å². The summed E-state index contributed by atoms with van der Waals surface area (Å²) in [6, 6.07) is 10.2. The van der Waals surface area contributed by atoms with E-state index in [1.165, 1.54) is 4.70 Å². The van der Waals surface area contributed by atoms with Gasteiger partial charge in [-0.3, -0.25) is 0 Å². The van der Waals surface area contributed by atoms with E-state index in [4.69, 9.17) is 4.42 Å². The van der Waals surface area contributed by atoms with Gasteiger partial charge in [0.05, 0.1) is 28.0 Å². The van der Waals surface area contributed by atoms with E-state index in [0.29, 0.717) is 0 Å². The smallest absolute Gasteiger partial charge is 0.125 e.